The Morgan fingerprint density at radius 3 is 2.50 bits per heavy atom. The molecule has 0 spiro atoms. The number of benzene rings is 1. The molecule has 3 heterocycles. The van der Waals surface area contributed by atoms with E-state index < -0.39 is 0 Å². The molecular formula is C22H26N4O2. The molecule has 28 heavy (non-hydrogen) atoms. The van der Waals surface area contributed by atoms with E-state index in [0.29, 0.717) is 42.2 Å². The summed E-state index contributed by atoms with van der Waals surface area (Å²) in [5.74, 6) is 0.439. The summed E-state index contributed by atoms with van der Waals surface area (Å²) in [4.78, 5) is 28.4. The Labute approximate surface area is 165 Å². The molecule has 146 valence electrons. The molecule has 1 aromatic carbocycles. The lowest BCUT2D eigenvalue weighted by atomic mass is 9.89. The van der Waals surface area contributed by atoms with Gasteiger partial charge in [0.15, 0.2) is 0 Å². The zero-order valence-corrected chi connectivity index (χ0v) is 15.9. The van der Waals surface area contributed by atoms with Gasteiger partial charge in [-0.25, -0.2) is 0 Å². The molecule has 2 bridgehead atoms. The highest BCUT2D eigenvalue weighted by Gasteiger charge is 2.34. The molecule has 3 N–H and O–H groups in total. The number of anilines is 1. The number of amides is 2. The van der Waals surface area contributed by atoms with Crippen molar-refractivity contribution in [2.75, 3.05) is 5.32 Å². The third kappa shape index (κ3) is 4.75. The summed E-state index contributed by atoms with van der Waals surface area (Å²) in [5, 5.41) is 9.49. The summed E-state index contributed by atoms with van der Waals surface area (Å²) in [6, 6.07) is 12.2. The van der Waals surface area contributed by atoms with Crippen LogP contribution in [0.4, 0.5) is 5.69 Å². The van der Waals surface area contributed by atoms with Crippen molar-refractivity contribution in [2.24, 2.45) is 5.92 Å². The fourth-order valence-corrected chi connectivity index (χ4v) is 4.28. The molecule has 2 fully saturated rings. The Morgan fingerprint density at radius 2 is 1.82 bits per heavy atom. The molecule has 2 saturated heterocycles. The van der Waals surface area contributed by atoms with Gasteiger partial charge in [-0.1, -0.05) is 12.1 Å². The largest absolute Gasteiger partial charge is 0.352 e. The minimum Gasteiger partial charge on any atom is -0.352 e. The first-order chi connectivity index (χ1) is 13.7. The second-order valence-corrected chi connectivity index (χ2v) is 7.85. The van der Waals surface area contributed by atoms with Crippen LogP contribution in [0.2, 0.25) is 0 Å². The van der Waals surface area contributed by atoms with E-state index in [0.717, 1.165) is 18.4 Å². The first kappa shape index (κ1) is 18.6. The molecule has 2 atom stereocenters. The van der Waals surface area contributed by atoms with Crippen LogP contribution in [0.25, 0.3) is 0 Å². The van der Waals surface area contributed by atoms with E-state index in [1.54, 1.807) is 18.3 Å². The minimum atomic E-state index is -0.190. The fraction of sp³-hybridized carbons (Fsp3) is 0.409. The second-order valence-electron chi connectivity index (χ2n) is 7.85. The van der Waals surface area contributed by atoms with Crippen LogP contribution in [0, 0.1) is 5.92 Å². The molecule has 2 aromatic rings. The smallest absolute Gasteiger partial charge is 0.257 e. The topological polar surface area (TPSA) is 83.1 Å². The van der Waals surface area contributed by atoms with Gasteiger partial charge in [0.05, 0.1) is 5.56 Å². The highest BCUT2D eigenvalue weighted by atomic mass is 16.2. The normalized spacial score (nSPS) is 23.2. The molecule has 2 amide bonds. The van der Waals surface area contributed by atoms with Crippen LogP contribution in [0.3, 0.4) is 0 Å². The number of hydrogen-bond acceptors (Lipinski definition) is 4. The molecule has 6 heteroatoms. The number of aromatic nitrogens is 1. The van der Waals surface area contributed by atoms with E-state index in [2.05, 4.69) is 20.9 Å². The summed E-state index contributed by atoms with van der Waals surface area (Å²) in [7, 11) is 0. The van der Waals surface area contributed by atoms with E-state index in [1.807, 2.05) is 24.3 Å². The van der Waals surface area contributed by atoms with Crippen LogP contribution in [0.5, 0.6) is 0 Å². The quantitative estimate of drug-likeness (QED) is 0.722. The molecule has 0 aliphatic carbocycles. The lowest BCUT2D eigenvalue weighted by molar-refractivity contribution is -0.122. The Morgan fingerprint density at radius 1 is 1.07 bits per heavy atom. The average Bonchev–Trinajstić information content (AvgIpc) is 3.06. The number of rotatable bonds is 6. The molecule has 2 unspecified atom stereocenters. The number of piperidine rings is 1. The van der Waals surface area contributed by atoms with Crippen molar-refractivity contribution >= 4 is 17.5 Å². The Hall–Kier alpha value is -2.73. The molecule has 4 rings (SSSR count). The van der Waals surface area contributed by atoms with Crippen LogP contribution < -0.4 is 16.0 Å². The minimum absolute atomic E-state index is 0.125. The summed E-state index contributed by atoms with van der Waals surface area (Å²) in [6.45, 7) is 0.507. The monoisotopic (exact) mass is 378 g/mol. The van der Waals surface area contributed by atoms with Gasteiger partial charge in [-0.05, 0) is 61.4 Å². The van der Waals surface area contributed by atoms with Gasteiger partial charge in [-0.3, -0.25) is 14.6 Å². The van der Waals surface area contributed by atoms with Crippen LogP contribution in [-0.4, -0.2) is 28.9 Å². The van der Waals surface area contributed by atoms with Crippen molar-refractivity contribution in [1.82, 2.24) is 15.6 Å². The number of nitrogens with one attached hydrogen (secondary N) is 3. The predicted molar refractivity (Wildman–Crippen MR) is 108 cm³/mol. The van der Waals surface area contributed by atoms with Crippen molar-refractivity contribution < 1.29 is 9.59 Å². The van der Waals surface area contributed by atoms with Crippen LogP contribution in [-0.2, 0) is 11.3 Å². The summed E-state index contributed by atoms with van der Waals surface area (Å²) < 4.78 is 0. The summed E-state index contributed by atoms with van der Waals surface area (Å²) in [6.07, 6.45) is 8.54. The zero-order valence-electron chi connectivity index (χ0n) is 15.9. The number of fused-ring (bicyclic) bond motifs is 2. The summed E-state index contributed by atoms with van der Waals surface area (Å²) >= 11 is 0. The van der Waals surface area contributed by atoms with Gasteiger partial charge in [-0.15, -0.1) is 0 Å². The molecule has 0 radical (unpaired) electrons. The average molecular weight is 378 g/mol. The van der Waals surface area contributed by atoms with E-state index in [9.17, 15) is 9.59 Å². The van der Waals surface area contributed by atoms with E-state index in [4.69, 9.17) is 0 Å². The molecule has 0 saturated carbocycles. The molecule has 6 nitrogen and oxygen atoms in total. The molecule has 1 aromatic heterocycles. The van der Waals surface area contributed by atoms with Crippen LogP contribution in [0.1, 0.15) is 48.0 Å². The van der Waals surface area contributed by atoms with Gasteiger partial charge >= 0.3 is 0 Å². The molecular weight excluding hydrogens is 352 g/mol. The molecule has 2 aliphatic rings. The number of pyridine rings is 1. The highest BCUT2D eigenvalue weighted by Crippen LogP contribution is 2.32. The van der Waals surface area contributed by atoms with E-state index in [1.165, 1.54) is 19.0 Å². The van der Waals surface area contributed by atoms with Crippen molar-refractivity contribution in [1.29, 1.82) is 0 Å². The third-order valence-electron chi connectivity index (χ3n) is 5.67. The van der Waals surface area contributed by atoms with Gasteiger partial charge in [0.25, 0.3) is 5.91 Å². The lowest BCUT2D eigenvalue weighted by Gasteiger charge is -2.28. The zero-order chi connectivity index (χ0) is 19.3. The van der Waals surface area contributed by atoms with Crippen molar-refractivity contribution in [3.63, 3.8) is 0 Å². The maximum atomic E-state index is 12.3. The number of carbonyl (C=O) groups is 2. The fourth-order valence-electron chi connectivity index (χ4n) is 4.28. The van der Waals surface area contributed by atoms with Gasteiger partial charge in [0.1, 0.15) is 0 Å². The Kier molecular flexibility index (Phi) is 5.67. The SMILES string of the molecule is O=C(CC1CC2CCC(C1)N2)NCc1ccc(NC(=O)c2cccnc2)cc1. The first-order valence-corrected chi connectivity index (χ1v) is 9.99. The first-order valence-electron chi connectivity index (χ1n) is 9.99. The standard InChI is InChI=1S/C22H26N4O2/c27-21(12-16-10-19-7-8-20(11-16)25-19)24-13-15-3-5-18(6-4-15)26-22(28)17-2-1-9-23-14-17/h1-6,9,14,16,19-20,25H,7-8,10-13H2,(H,24,27)(H,26,28). The van der Waals surface area contributed by atoms with Crippen molar-refractivity contribution in [3.8, 4) is 0 Å². The van der Waals surface area contributed by atoms with Crippen LogP contribution >= 0.6 is 0 Å². The number of nitrogens with zero attached hydrogens (tertiary/aromatic N) is 1. The predicted octanol–water partition coefficient (Wildman–Crippen LogP) is 2.87. The number of hydrogen-bond donors (Lipinski definition) is 3. The van der Waals surface area contributed by atoms with E-state index in [-0.39, 0.29) is 11.8 Å². The second kappa shape index (κ2) is 8.52. The Bertz CT molecular complexity index is 810. The maximum absolute atomic E-state index is 12.3. The van der Waals surface area contributed by atoms with Crippen molar-refractivity contribution in [2.45, 2.75) is 50.7 Å². The van der Waals surface area contributed by atoms with Crippen molar-refractivity contribution in [3.05, 3.63) is 59.9 Å². The van der Waals surface area contributed by atoms with Gasteiger partial charge in [0, 0.05) is 43.1 Å². The van der Waals surface area contributed by atoms with Gasteiger partial charge in [-0.2, -0.15) is 0 Å². The highest BCUT2D eigenvalue weighted by molar-refractivity contribution is 6.04. The lowest BCUT2D eigenvalue weighted by Crippen LogP contribution is -2.39. The maximum Gasteiger partial charge on any atom is 0.257 e. The van der Waals surface area contributed by atoms with Gasteiger partial charge < -0.3 is 16.0 Å². The van der Waals surface area contributed by atoms with E-state index >= 15 is 0 Å². The Balaban J connectivity index is 1.23. The van der Waals surface area contributed by atoms with Gasteiger partial charge in [0.2, 0.25) is 5.91 Å². The molecule has 2 aliphatic heterocycles. The number of carbonyl (C=O) groups excluding carboxylic acids is 2. The third-order valence-corrected chi connectivity index (χ3v) is 5.67. The summed E-state index contributed by atoms with van der Waals surface area (Å²) in [5.41, 5.74) is 2.25. The van der Waals surface area contributed by atoms with Crippen LogP contribution in [0.15, 0.2) is 48.8 Å².